The van der Waals surface area contributed by atoms with Gasteiger partial charge in [-0.2, -0.15) is 0 Å². The van der Waals surface area contributed by atoms with Crippen molar-refractivity contribution in [1.29, 1.82) is 0 Å². The van der Waals surface area contributed by atoms with Crippen molar-refractivity contribution in [3.05, 3.63) is 12.7 Å². The minimum Gasteiger partial charge on any atom is -0.103 e. The Morgan fingerprint density at radius 2 is 2.00 bits per heavy atom. The van der Waals surface area contributed by atoms with Crippen LogP contribution in [0.3, 0.4) is 0 Å². The van der Waals surface area contributed by atoms with Gasteiger partial charge in [0.2, 0.25) is 0 Å². The molecule has 0 aliphatic heterocycles. The van der Waals surface area contributed by atoms with Gasteiger partial charge in [-0.1, -0.05) is 33.3 Å². The average Bonchev–Trinajstić information content (AvgIpc) is 2.59. The van der Waals surface area contributed by atoms with Gasteiger partial charge in [-0.25, -0.2) is 0 Å². The largest absolute Gasteiger partial charge is 0.103 e. The maximum atomic E-state index is 3.80. The summed E-state index contributed by atoms with van der Waals surface area (Å²) in [4.78, 5) is 0. The summed E-state index contributed by atoms with van der Waals surface area (Å²) < 4.78 is 0. The summed E-state index contributed by atoms with van der Waals surface area (Å²) in [6.07, 6.45) is 6.17. The molecule has 0 N–H and O–H groups in total. The molecule has 0 saturated heterocycles. The molecule has 0 spiro atoms. The Labute approximate surface area is 77.1 Å². The van der Waals surface area contributed by atoms with E-state index in [9.17, 15) is 0 Å². The molecular weight excluding hydrogens is 144 g/mol. The predicted octanol–water partition coefficient (Wildman–Crippen LogP) is 3.88. The van der Waals surface area contributed by atoms with Crippen LogP contribution in [0.25, 0.3) is 0 Å². The fourth-order valence-corrected chi connectivity index (χ4v) is 2.22. The second-order valence-electron chi connectivity index (χ2n) is 4.68. The van der Waals surface area contributed by atoms with E-state index >= 15 is 0 Å². The molecule has 0 heterocycles. The molecule has 0 aromatic heterocycles. The first kappa shape index (κ1) is 9.83. The van der Waals surface area contributed by atoms with E-state index in [1.807, 2.05) is 0 Å². The third-order valence-corrected chi connectivity index (χ3v) is 3.28. The highest BCUT2D eigenvalue weighted by Gasteiger charge is 2.44. The van der Waals surface area contributed by atoms with Crippen molar-refractivity contribution in [3.8, 4) is 0 Å². The standard InChI is InChI=1S/C12H22/c1-5-6-11-10(4)12(11)8-7-9(2)3/h5,9-12H,1,6-8H2,2-4H3. The van der Waals surface area contributed by atoms with Gasteiger partial charge in [-0.05, 0) is 36.5 Å². The second-order valence-corrected chi connectivity index (χ2v) is 4.68. The number of hydrogen-bond acceptors (Lipinski definition) is 0. The van der Waals surface area contributed by atoms with Crippen molar-refractivity contribution in [1.82, 2.24) is 0 Å². The summed E-state index contributed by atoms with van der Waals surface area (Å²) in [7, 11) is 0. The Bertz CT molecular complexity index is 146. The van der Waals surface area contributed by atoms with Crippen LogP contribution in [0.5, 0.6) is 0 Å². The number of allylic oxidation sites excluding steroid dienone is 1. The van der Waals surface area contributed by atoms with Crippen molar-refractivity contribution >= 4 is 0 Å². The van der Waals surface area contributed by atoms with Crippen LogP contribution in [-0.4, -0.2) is 0 Å². The first-order valence-corrected chi connectivity index (χ1v) is 5.27. The van der Waals surface area contributed by atoms with Crippen molar-refractivity contribution in [2.24, 2.45) is 23.7 Å². The van der Waals surface area contributed by atoms with E-state index in [2.05, 4.69) is 33.4 Å². The lowest BCUT2D eigenvalue weighted by Gasteiger charge is -2.02. The minimum absolute atomic E-state index is 0.877. The molecule has 3 unspecified atom stereocenters. The molecule has 70 valence electrons. The third kappa shape index (κ3) is 2.36. The van der Waals surface area contributed by atoms with Gasteiger partial charge in [0.25, 0.3) is 0 Å². The van der Waals surface area contributed by atoms with Gasteiger partial charge >= 0.3 is 0 Å². The predicted molar refractivity (Wildman–Crippen MR) is 55.0 cm³/mol. The molecule has 1 aliphatic carbocycles. The molecule has 0 aromatic rings. The van der Waals surface area contributed by atoms with Crippen molar-refractivity contribution in [3.63, 3.8) is 0 Å². The molecule has 12 heavy (non-hydrogen) atoms. The van der Waals surface area contributed by atoms with Crippen molar-refractivity contribution < 1.29 is 0 Å². The lowest BCUT2D eigenvalue weighted by molar-refractivity contribution is 0.504. The van der Waals surface area contributed by atoms with Crippen LogP contribution in [0, 0.1) is 23.7 Å². The van der Waals surface area contributed by atoms with Crippen LogP contribution >= 0.6 is 0 Å². The van der Waals surface area contributed by atoms with E-state index in [1.54, 1.807) is 0 Å². The summed E-state index contributed by atoms with van der Waals surface area (Å²) in [6, 6.07) is 0. The van der Waals surface area contributed by atoms with Crippen LogP contribution in [0.15, 0.2) is 12.7 Å². The minimum atomic E-state index is 0.877. The van der Waals surface area contributed by atoms with E-state index < -0.39 is 0 Å². The van der Waals surface area contributed by atoms with Crippen molar-refractivity contribution in [2.75, 3.05) is 0 Å². The normalized spacial score (nSPS) is 33.8. The fraction of sp³-hybridized carbons (Fsp3) is 0.833. The van der Waals surface area contributed by atoms with Crippen molar-refractivity contribution in [2.45, 2.75) is 40.0 Å². The summed E-state index contributed by atoms with van der Waals surface area (Å²) >= 11 is 0. The Morgan fingerprint density at radius 3 is 2.50 bits per heavy atom. The van der Waals surface area contributed by atoms with Crippen LogP contribution < -0.4 is 0 Å². The zero-order valence-corrected chi connectivity index (χ0v) is 8.72. The zero-order chi connectivity index (χ0) is 9.14. The molecule has 1 saturated carbocycles. The van der Waals surface area contributed by atoms with Gasteiger partial charge in [0.15, 0.2) is 0 Å². The molecule has 1 rings (SSSR count). The summed E-state index contributed by atoms with van der Waals surface area (Å²) in [6.45, 7) is 10.8. The zero-order valence-electron chi connectivity index (χ0n) is 8.72. The Kier molecular flexibility index (Phi) is 3.37. The Hall–Kier alpha value is -0.260. The molecule has 0 bridgehead atoms. The Balaban J connectivity index is 2.15. The average molecular weight is 166 g/mol. The molecule has 3 atom stereocenters. The molecule has 1 fully saturated rings. The molecule has 0 nitrogen and oxygen atoms in total. The maximum Gasteiger partial charge on any atom is -0.0319 e. The molecule has 0 radical (unpaired) electrons. The maximum absolute atomic E-state index is 3.80. The monoisotopic (exact) mass is 166 g/mol. The lowest BCUT2D eigenvalue weighted by Crippen LogP contribution is -1.89. The number of rotatable bonds is 5. The van der Waals surface area contributed by atoms with E-state index in [0.717, 1.165) is 23.7 Å². The fourth-order valence-electron chi connectivity index (χ4n) is 2.22. The molecular formula is C12H22. The number of hydrogen-bond donors (Lipinski definition) is 0. The van der Waals surface area contributed by atoms with Gasteiger partial charge < -0.3 is 0 Å². The van der Waals surface area contributed by atoms with Gasteiger partial charge in [-0.15, -0.1) is 6.58 Å². The van der Waals surface area contributed by atoms with E-state index in [-0.39, 0.29) is 0 Å². The van der Waals surface area contributed by atoms with Crippen LogP contribution in [-0.2, 0) is 0 Å². The summed E-state index contributed by atoms with van der Waals surface area (Å²) in [5, 5.41) is 0. The van der Waals surface area contributed by atoms with Crippen LogP contribution in [0.4, 0.5) is 0 Å². The van der Waals surface area contributed by atoms with Gasteiger partial charge in [-0.3, -0.25) is 0 Å². The highest BCUT2D eigenvalue weighted by molar-refractivity contribution is 4.97. The highest BCUT2D eigenvalue weighted by atomic mass is 14.5. The van der Waals surface area contributed by atoms with Crippen LogP contribution in [0.2, 0.25) is 0 Å². The summed E-state index contributed by atoms with van der Waals surface area (Å²) in [5.41, 5.74) is 0. The first-order valence-electron chi connectivity index (χ1n) is 5.27. The van der Waals surface area contributed by atoms with Gasteiger partial charge in [0, 0.05) is 0 Å². The molecule has 0 amide bonds. The summed E-state index contributed by atoms with van der Waals surface area (Å²) in [5.74, 6) is 3.84. The molecule has 0 heteroatoms. The van der Waals surface area contributed by atoms with Gasteiger partial charge in [0.05, 0.1) is 0 Å². The molecule has 0 aromatic carbocycles. The SMILES string of the molecule is C=CCC1C(C)C1CCC(C)C. The second kappa shape index (κ2) is 4.11. The highest BCUT2D eigenvalue weighted by Crippen LogP contribution is 2.51. The molecule has 1 aliphatic rings. The lowest BCUT2D eigenvalue weighted by atomic mass is 10.0. The Morgan fingerprint density at radius 1 is 1.33 bits per heavy atom. The van der Waals surface area contributed by atoms with Gasteiger partial charge in [0.1, 0.15) is 0 Å². The quantitative estimate of drug-likeness (QED) is 0.544. The third-order valence-electron chi connectivity index (χ3n) is 3.28. The van der Waals surface area contributed by atoms with E-state index in [4.69, 9.17) is 0 Å². The first-order chi connectivity index (χ1) is 5.66. The smallest absolute Gasteiger partial charge is 0.0319 e. The van der Waals surface area contributed by atoms with E-state index in [0.29, 0.717) is 0 Å². The van der Waals surface area contributed by atoms with E-state index in [1.165, 1.54) is 19.3 Å². The topological polar surface area (TPSA) is 0 Å². The van der Waals surface area contributed by atoms with Crippen LogP contribution in [0.1, 0.15) is 40.0 Å².